The van der Waals surface area contributed by atoms with Gasteiger partial charge < -0.3 is 5.32 Å². The first kappa shape index (κ1) is 13.4. The van der Waals surface area contributed by atoms with E-state index in [9.17, 15) is 4.79 Å². The van der Waals surface area contributed by atoms with Crippen molar-refractivity contribution in [2.24, 2.45) is 17.8 Å². The number of fused-ring (bicyclic) bond motifs is 2. The van der Waals surface area contributed by atoms with Crippen LogP contribution in [0.5, 0.6) is 0 Å². The Labute approximate surface area is 113 Å². The molecule has 4 unspecified atom stereocenters. The fourth-order valence-electron chi connectivity index (χ4n) is 3.47. The first-order valence-electron chi connectivity index (χ1n) is 6.93. The van der Waals surface area contributed by atoms with Crippen LogP contribution < -0.4 is 5.32 Å². The molecule has 4 atom stereocenters. The molecule has 2 fully saturated rings. The monoisotopic (exact) mass is 301 g/mol. The van der Waals surface area contributed by atoms with Crippen molar-refractivity contribution >= 4 is 21.8 Å². The molecule has 1 N–H and O–H groups in total. The first-order valence-corrected chi connectivity index (χ1v) is 8.05. The van der Waals surface area contributed by atoms with Gasteiger partial charge in [-0.3, -0.25) is 4.79 Å². The molecule has 17 heavy (non-hydrogen) atoms. The highest BCUT2D eigenvalue weighted by atomic mass is 79.9. The van der Waals surface area contributed by atoms with E-state index < -0.39 is 0 Å². The molecule has 0 spiro atoms. The number of halogens is 1. The molecule has 2 aliphatic rings. The quantitative estimate of drug-likeness (QED) is 0.774. The summed E-state index contributed by atoms with van der Waals surface area (Å²) in [5.74, 6) is 2.71. The van der Waals surface area contributed by atoms with E-state index in [1.807, 2.05) is 0 Å². The Morgan fingerprint density at radius 3 is 2.65 bits per heavy atom. The summed E-state index contributed by atoms with van der Waals surface area (Å²) >= 11 is 3.49. The third-order valence-electron chi connectivity index (χ3n) is 4.85. The van der Waals surface area contributed by atoms with E-state index in [4.69, 9.17) is 0 Å². The fourth-order valence-corrected chi connectivity index (χ4v) is 4.01. The largest absolute Gasteiger partial charge is 0.350 e. The van der Waals surface area contributed by atoms with Gasteiger partial charge in [0.25, 0.3) is 0 Å². The summed E-state index contributed by atoms with van der Waals surface area (Å²) in [7, 11) is 0. The van der Waals surface area contributed by atoms with E-state index in [2.05, 4.69) is 35.1 Å². The van der Waals surface area contributed by atoms with E-state index in [0.29, 0.717) is 5.92 Å². The highest BCUT2D eigenvalue weighted by molar-refractivity contribution is 9.09. The summed E-state index contributed by atoms with van der Waals surface area (Å²) < 4.78 is 0. The number of carbonyl (C=O) groups is 1. The Kier molecular flexibility index (Phi) is 4.17. The molecule has 2 aliphatic carbocycles. The molecule has 0 radical (unpaired) electrons. The van der Waals surface area contributed by atoms with E-state index in [0.717, 1.165) is 30.0 Å². The van der Waals surface area contributed by atoms with Gasteiger partial charge in [-0.15, -0.1) is 0 Å². The van der Waals surface area contributed by atoms with Crippen LogP contribution in [0.3, 0.4) is 0 Å². The van der Waals surface area contributed by atoms with Crippen molar-refractivity contribution < 1.29 is 4.79 Å². The Morgan fingerprint density at radius 2 is 2.18 bits per heavy atom. The molecular formula is C14H24BrNO. The van der Waals surface area contributed by atoms with Crippen molar-refractivity contribution in [1.82, 2.24) is 5.32 Å². The van der Waals surface area contributed by atoms with Gasteiger partial charge in [-0.2, -0.15) is 0 Å². The van der Waals surface area contributed by atoms with Gasteiger partial charge in [0.2, 0.25) is 5.91 Å². The molecule has 0 aliphatic heterocycles. The van der Waals surface area contributed by atoms with Crippen molar-refractivity contribution in [2.75, 3.05) is 5.33 Å². The SMILES string of the molecule is CCC(C)(CBr)NC(=O)CC1CC2CCC1C2. The van der Waals surface area contributed by atoms with Gasteiger partial charge in [0.1, 0.15) is 0 Å². The number of nitrogens with one attached hydrogen (secondary N) is 1. The molecule has 2 rings (SSSR count). The number of alkyl halides is 1. The van der Waals surface area contributed by atoms with Crippen LogP contribution in [-0.4, -0.2) is 16.8 Å². The minimum atomic E-state index is -0.0747. The lowest BCUT2D eigenvalue weighted by atomic mass is 9.86. The van der Waals surface area contributed by atoms with Crippen molar-refractivity contribution in [3.05, 3.63) is 0 Å². The van der Waals surface area contributed by atoms with Crippen molar-refractivity contribution in [3.8, 4) is 0 Å². The first-order chi connectivity index (χ1) is 8.06. The van der Waals surface area contributed by atoms with E-state index in [1.54, 1.807) is 0 Å². The minimum Gasteiger partial charge on any atom is -0.350 e. The van der Waals surface area contributed by atoms with E-state index >= 15 is 0 Å². The smallest absolute Gasteiger partial charge is 0.220 e. The van der Waals surface area contributed by atoms with E-state index in [1.165, 1.54) is 25.7 Å². The van der Waals surface area contributed by atoms with Crippen LogP contribution in [0.2, 0.25) is 0 Å². The maximum atomic E-state index is 12.1. The van der Waals surface area contributed by atoms with E-state index in [-0.39, 0.29) is 11.4 Å². The molecule has 0 saturated heterocycles. The number of hydrogen-bond donors (Lipinski definition) is 1. The third kappa shape index (κ3) is 3.04. The summed E-state index contributed by atoms with van der Waals surface area (Å²) in [6, 6.07) is 0. The Hall–Kier alpha value is -0.0500. The topological polar surface area (TPSA) is 29.1 Å². The second-order valence-corrected chi connectivity index (χ2v) is 6.80. The van der Waals surface area contributed by atoms with Gasteiger partial charge in [-0.1, -0.05) is 29.3 Å². The molecule has 0 aromatic heterocycles. The van der Waals surface area contributed by atoms with Crippen LogP contribution in [0.1, 0.15) is 52.4 Å². The average Bonchev–Trinajstić information content (AvgIpc) is 2.90. The number of rotatable bonds is 5. The molecule has 1 amide bonds. The van der Waals surface area contributed by atoms with Gasteiger partial charge in [0.15, 0.2) is 0 Å². The Bertz CT molecular complexity index is 288. The van der Waals surface area contributed by atoms with Gasteiger partial charge in [0.05, 0.1) is 0 Å². The zero-order chi connectivity index (χ0) is 12.5. The van der Waals surface area contributed by atoms with Crippen LogP contribution in [-0.2, 0) is 4.79 Å². The van der Waals surface area contributed by atoms with Gasteiger partial charge >= 0.3 is 0 Å². The third-order valence-corrected chi connectivity index (χ3v) is 6.09. The summed E-state index contributed by atoms with van der Waals surface area (Å²) in [6.45, 7) is 4.24. The molecule has 98 valence electrons. The van der Waals surface area contributed by atoms with Gasteiger partial charge in [-0.05, 0) is 50.4 Å². The van der Waals surface area contributed by atoms with Gasteiger partial charge in [0, 0.05) is 17.3 Å². The zero-order valence-electron chi connectivity index (χ0n) is 11.0. The summed E-state index contributed by atoms with van der Waals surface area (Å²) in [5.41, 5.74) is -0.0747. The second-order valence-electron chi connectivity index (χ2n) is 6.24. The normalized spacial score (nSPS) is 34.6. The van der Waals surface area contributed by atoms with Crippen molar-refractivity contribution in [2.45, 2.75) is 57.9 Å². The average molecular weight is 302 g/mol. The lowest BCUT2D eigenvalue weighted by Crippen LogP contribution is -2.47. The Morgan fingerprint density at radius 1 is 1.41 bits per heavy atom. The van der Waals surface area contributed by atoms with Crippen LogP contribution in [0.4, 0.5) is 0 Å². The molecule has 0 aromatic carbocycles. The number of carbonyl (C=O) groups excluding carboxylic acids is 1. The second kappa shape index (κ2) is 5.29. The highest BCUT2D eigenvalue weighted by Gasteiger charge is 2.40. The van der Waals surface area contributed by atoms with Crippen molar-refractivity contribution in [1.29, 1.82) is 0 Å². The zero-order valence-corrected chi connectivity index (χ0v) is 12.6. The maximum absolute atomic E-state index is 12.1. The van der Waals surface area contributed by atoms with Crippen LogP contribution in [0.15, 0.2) is 0 Å². The molecule has 0 heterocycles. The lowest BCUT2D eigenvalue weighted by molar-refractivity contribution is -0.124. The number of hydrogen-bond acceptors (Lipinski definition) is 1. The van der Waals surface area contributed by atoms with Crippen LogP contribution >= 0.6 is 15.9 Å². The predicted octanol–water partition coefficient (Wildman–Crippen LogP) is 3.49. The molecule has 0 aromatic rings. The summed E-state index contributed by atoms with van der Waals surface area (Å²) in [6.07, 6.45) is 7.20. The standard InChI is InChI=1S/C14H24BrNO/c1-3-14(2,9-15)16-13(17)8-12-7-10-4-5-11(12)6-10/h10-12H,3-9H2,1-2H3,(H,16,17). The van der Waals surface area contributed by atoms with Crippen LogP contribution in [0.25, 0.3) is 0 Å². The lowest BCUT2D eigenvalue weighted by Gasteiger charge is -2.29. The van der Waals surface area contributed by atoms with Crippen LogP contribution in [0, 0.1) is 17.8 Å². The molecule has 3 heteroatoms. The van der Waals surface area contributed by atoms with Gasteiger partial charge in [-0.25, -0.2) is 0 Å². The molecule has 2 saturated carbocycles. The minimum absolute atomic E-state index is 0.0747. The molecular weight excluding hydrogens is 278 g/mol. The summed E-state index contributed by atoms with van der Waals surface area (Å²) in [4.78, 5) is 12.1. The number of amides is 1. The molecule has 2 bridgehead atoms. The molecule has 2 nitrogen and oxygen atoms in total. The highest BCUT2D eigenvalue weighted by Crippen LogP contribution is 2.49. The Balaban J connectivity index is 1.81. The summed E-state index contributed by atoms with van der Waals surface area (Å²) in [5, 5.41) is 4.03. The predicted molar refractivity (Wildman–Crippen MR) is 74.2 cm³/mol. The van der Waals surface area contributed by atoms with Crippen molar-refractivity contribution in [3.63, 3.8) is 0 Å². The fraction of sp³-hybridized carbons (Fsp3) is 0.929. The maximum Gasteiger partial charge on any atom is 0.220 e.